The lowest BCUT2D eigenvalue weighted by molar-refractivity contribution is -0.137. The summed E-state index contributed by atoms with van der Waals surface area (Å²) in [5, 5.41) is 0.482. The molecule has 5 heteroatoms. The van der Waals surface area contributed by atoms with E-state index in [1.165, 1.54) is 6.07 Å². The van der Waals surface area contributed by atoms with E-state index in [1.54, 1.807) is 18.2 Å². The standard InChI is InChI=1S/C15H13ClF3N/c1-9-11(7-13(16)8-14(9)20)5-10-3-2-4-12(6-10)15(17,18)19/h2-4,6-8H,5,20H2,1H3. The molecular formula is C15H13ClF3N. The first-order chi connectivity index (χ1) is 9.27. The van der Waals surface area contributed by atoms with Crippen molar-refractivity contribution in [2.75, 3.05) is 5.73 Å². The highest BCUT2D eigenvalue weighted by molar-refractivity contribution is 6.31. The fourth-order valence-corrected chi connectivity index (χ4v) is 2.27. The van der Waals surface area contributed by atoms with Crippen molar-refractivity contribution in [3.05, 3.63) is 63.7 Å². The van der Waals surface area contributed by atoms with Gasteiger partial charge in [0.2, 0.25) is 0 Å². The minimum atomic E-state index is -4.33. The number of nitrogen functional groups attached to an aromatic ring is 1. The fraction of sp³-hybridized carbons (Fsp3) is 0.200. The van der Waals surface area contributed by atoms with Gasteiger partial charge in [-0.3, -0.25) is 0 Å². The first-order valence-electron chi connectivity index (χ1n) is 5.98. The van der Waals surface area contributed by atoms with Crippen LogP contribution in [0.5, 0.6) is 0 Å². The van der Waals surface area contributed by atoms with Crippen LogP contribution in [0.2, 0.25) is 5.02 Å². The Labute approximate surface area is 120 Å². The van der Waals surface area contributed by atoms with Crippen LogP contribution >= 0.6 is 11.6 Å². The second kappa shape index (κ2) is 5.37. The summed E-state index contributed by atoms with van der Waals surface area (Å²) in [5.74, 6) is 0. The number of halogens is 4. The van der Waals surface area contributed by atoms with Crippen LogP contribution in [0.15, 0.2) is 36.4 Å². The van der Waals surface area contributed by atoms with E-state index in [9.17, 15) is 13.2 Å². The third-order valence-electron chi connectivity index (χ3n) is 3.17. The van der Waals surface area contributed by atoms with Gasteiger partial charge in [0.05, 0.1) is 5.56 Å². The Morgan fingerprint density at radius 1 is 1.15 bits per heavy atom. The second-order valence-corrected chi connectivity index (χ2v) is 5.09. The monoisotopic (exact) mass is 299 g/mol. The largest absolute Gasteiger partial charge is 0.416 e. The van der Waals surface area contributed by atoms with Crippen LogP contribution in [0.3, 0.4) is 0 Å². The summed E-state index contributed by atoms with van der Waals surface area (Å²) in [7, 11) is 0. The summed E-state index contributed by atoms with van der Waals surface area (Å²) >= 11 is 5.93. The average molecular weight is 300 g/mol. The first kappa shape index (κ1) is 14.7. The van der Waals surface area contributed by atoms with Gasteiger partial charge < -0.3 is 5.73 Å². The highest BCUT2D eigenvalue weighted by Crippen LogP contribution is 2.31. The Balaban J connectivity index is 2.36. The third-order valence-corrected chi connectivity index (χ3v) is 3.39. The van der Waals surface area contributed by atoms with E-state index in [1.807, 2.05) is 6.92 Å². The molecule has 0 spiro atoms. The molecule has 0 unspecified atom stereocenters. The molecule has 106 valence electrons. The third kappa shape index (κ3) is 3.25. The van der Waals surface area contributed by atoms with Crippen LogP contribution in [-0.4, -0.2) is 0 Å². The van der Waals surface area contributed by atoms with Gasteiger partial charge in [-0.2, -0.15) is 13.2 Å². The fourth-order valence-electron chi connectivity index (χ4n) is 2.02. The van der Waals surface area contributed by atoms with Crippen LogP contribution in [0.25, 0.3) is 0 Å². The van der Waals surface area contributed by atoms with Gasteiger partial charge in [0.25, 0.3) is 0 Å². The Morgan fingerprint density at radius 3 is 2.50 bits per heavy atom. The molecule has 0 aliphatic carbocycles. The molecule has 2 rings (SSSR count). The van der Waals surface area contributed by atoms with Crippen molar-refractivity contribution in [1.82, 2.24) is 0 Å². The second-order valence-electron chi connectivity index (χ2n) is 4.65. The minimum absolute atomic E-state index is 0.362. The maximum Gasteiger partial charge on any atom is 0.416 e. The summed E-state index contributed by atoms with van der Waals surface area (Å²) in [6, 6.07) is 8.63. The molecule has 0 saturated carbocycles. The van der Waals surface area contributed by atoms with Gasteiger partial charge in [0, 0.05) is 10.7 Å². The molecule has 0 fully saturated rings. The van der Waals surface area contributed by atoms with E-state index in [0.29, 0.717) is 22.7 Å². The zero-order chi connectivity index (χ0) is 14.9. The summed E-state index contributed by atoms with van der Waals surface area (Å²) in [5.41, 5.74) is 7.94. The molecular weight excluding hydrogens is 287 g/mol. The molecule has 2 N–H and O–H groups in total. The molecule has 0 aliphatic rings. The van der Waals surface area contributed by atoms with Crippen molar-refractivity contribution >= 4 is 17.3 Å². The van der Waals surface area contributed by atoms with Crippen LogP contribution < -0.4 is 5.73 Å². The van der Waals surface area contributed by atoms with Crippen molar-refractivity contribution in [3.8, 4) is 0 Å². The highest BCUT2D eigenvalue weighted by Gasteiger charge is 2.30. The zero-order valence-corrected chi connectivity index (χ0v) is 11.5. The molecule has 2 aromatic rings. The van der Waals surface area contributed by atoms with Gasteiger partial charge in [-0.05, 0) is 48.2 Å². The lowest BCUT2D eigenvalue weighted by Gasteiger charge is -2.12. The Morgan fingerprint density at radius 2 is 1.85 bits per heavy atom. The average Bonchev–Trinajstić information content (AvgIpc) is 2.35. The molecule has 0 aromatic heterocycles. The maximum absolute atomic E-state index is 12.7. The summed E-state index contributed by atoms with van der Waals surface area (Å²) in [6.45, 7) is 1.83. The van der Waals surface area contributed by atoms with E-state index >= 15 is 0 Å². The first-order valence-corrected chi connectivity index (χ1v) is 6.36. The molecule has 0 heterocycles. The molecule has 0 atom stereocenters. The molecule has 20 heavy (non-hydrogen) atoms. The predicted octanol–water partition coefficient (Wildman–Crippen LogP) is 4.84. The number of rotatable bonds is 2. The number of benzene rings is 2. The molecule has 0 saturated heterocycles. The quantitative estimate of drug-likeness (QED) is 0.789. The van der Waals surface area contributed by atoms with E-state index in [0.717, 1.165) is 23.3 Å². The lowest BCUT2D eigenvalue weighted by atomic mass is 9.98. The Kier molecular flexibility index (Phi) is 3.95. The van der Waals surface area contributed by atoms with Gasteiger partial charge in [0.1, 0.15) is 0 Å². The molecule has 0 bridgehead atoms. The van der Waals surface area contributed by atoms with E-state index < -0.39 is 11.7 Å². The number of anilines is 1. The molecule has 0 amide bonds. The zero-order valence-electron chi connectivity index (χ0n) is 10.8. The maximum atomic E-state index is 12.7. The molecule has 0 radical (unpaired) electrons. The van der Waals surface area contributed by atoms with Gasteiger partial charge in [-0.1, -0.05) is 29.8 Å². The number of hydrogen-bond acceptors (Lipinski definition) is 1. The number of alkyl halides is 3. The number of nitrogens with two attached hydrogens (primary N) is 1. The van der Waals surface area contributed by atoms with E-state index in [2.05, 4.69) is 0 Å². The Bertz CT molecular complexity index is 636. The van der Waals surface area contributed by atoms with Crippen molar-refractivity contribution < 1.29 is 13.2 Å². The van der Waals surface area contributed by atoms with Crippen molar-refractivity contribution in [2.24, 2.45) is 0 Å². The lowest BCUT2D eigenvalue weighted by Crippen LogP contribution is -2.05. The summed E-state index contributed by atoms with van der Waals surface area (Å²) < 4.78 is 38.0. The van der Waals surface area contributed by atoms with E-state index in [4.69, 9.17) is 17.3 Å². The van der Waals surface area contributed by atoms with Crippen molar-refractivity contribution in [2.45, 2.75) is 19.5 Å². The minimum Gasteiger partial charge on any atom is -0.398 e. The van der Waals surface area contributed by atoms with Crippen molar-refractivity contribution in [3.63, 3.8) is 0 Å². The van der Waals surface area contributed by atoms with Crippen LogP contribution in [0.4, 0.5) is 18.9 Å². The highest BCUT2D eigenvalue weighted by atomic mass is 35.5. The topological polar surface area (TPSA) is 26.0 Å². The summed E-state index contributed by atoms with van der Waals surface area (Å²) in [4.78, 5) is 0. The van der Waals surface area contributed by atoms with Crippen LogP contribution in [0.1, 0.15) is 22.3 Å². The van der Waals surface area contributed by atoms with Gasteiger partial charge >= 0.3 is 6.18 Å². The van der Waals surface area contributed by atoms with Crippen LogP contribution in [-0.2, 0) is 12.6 Å². The van der Waals surface area contributed by atoms with Gasteiger partial charge in [0.15, 0.2) is 0 Å². The molecule has 1 nitrogen and oxygen atoms in total. The normalized spacial score (nSPS) is 11.7. The van der Waals surface area contributed by atoms with E-state index in [-0.39, 0.29) is 0 Å². The summed E-state index contributed by atoms with van der Waals surface area (Å²) in [6.07, 6.45) is -3.97. The molecule has 2 aromatic carbocycles. The number of hydrogen-bond donors (Lipinski definition) is 1. The van der Waals surface area contributed by atoms with Gasteiger partial charge in [-0.15, -0.1) is 0 Å². The van der Waals surface area contributed by atoms with Crippen LogP contribution in [0, 0.1) is 6.92 Å². The van der Waals surface area contributed by atoms with Gasteiger partial charge in [-0.25, -0.2) is 0 Å². The predicted molar refractivity (Wildman–Crippen MR) is 74.9 cm³/mol. The smallest absolute Gasteiger partial charge is 0.398 e. The Hall–Kier alpha value is -1.68. The molecule has 0 aliphatic heterocycles. The SMILES string of the molecule is Cc1c(N)cc(Cl)cc1Cc1cccc(C(F)(F)F)c1. The van der Waals surface area contributed by atoms with Crippen molar-refractivity contribution in [1.29, 1.82) is 0 Å².